The summed E-state index contributed by atoms with van der Waals surface area (Å²) in [5.74, 6) is 1.90. The number of hydrogen-bond donors (Lipinski definition) is 3. The fourth-order valence-corrected chi connectivity index (χ4v) is 3.99. The summed E-state index contributed by atoms with van der Waals surface area (Å²) in [6, 6.07) is 19.4. The molecule has 0 amide bonds. The topological polar surface area (TPSA) is 68.3 Å². The first-order chi connectivity index (χ1) is 14.8. The van der Waals surface area contributed by atoms with Crippen molar-refractivity contribution in [1.29, 1.82) is 0 Å². The summed E-state index contributed by atoms with van der Waals surface area (Å²) in [5.41, 5.74) is 3.50. The van der Waals surface area contributed by atoms with Gasteiger partial charge in [-0.05, 0) is 37.5 Å². The van der Waals surface area contributed by atoms with Crippen molar-refractivity contribution in [2.24, 2.45) is 4.99 Å². The van der Waals surface area contributed by atoms with Crippen LogP contribution in [0.2, 0.25) is 0 Å². The van der Waals surface area contributed by atoms with Gasteiger partial charge in [0.1, 0.15) is 5.82 Å². The van der Waals surface area contributed by atoms with Gasteiger partial charge in [-0.3, -0.25) is 9.89 Å². The summed E-state index contributed by atoms with van der Waals surface area (Å²) in [6.45, 7) is 6.96. The van der Waals surface area contributed by atoms with Crippen LogP contribution in [0.15, 0.2) is 59.6 Å². The summed E-state index contributed by atoms with van der Waals surface area (Å²) in [7, 11) is 0. The lowest BCUT2D eigenvalue weighted by molar-refractivity contribution is 0.198. The minimum absolute atomic E-state index is 0.473. The van der Waals surface area contributed by atoms with Gasteiger partial charge >= 0.3 is 0 Å². The second-order valence-electron chi connectivity index (χ2n) is 7.89. The molecule has 6 heteroatoms. The van der Waals surface area contributed by atoms with E-state index in [4.69, 9.17) is 4.99 Å². The minimum atomic E-state index is 0.473. The van der Waals surface area contributed by atoms with Gasteiger partial charge in [0.25, 0.3) is 0 Å². The molecule has 1 fully saturated rings. The first kappa shape index (κ1) is 20.4. The third-order valence-corrected chi connectivity index (χ3v) is 5.58. The van der Waals surface area contributed by atoms with Gasteiger partial charge in [0, 0.05) is 45.2 Å². The maximum atomic E-state index is 4.78. The zero-order chi connectivity index (χ0) is 20.6. The predicted molar refractivity (Wildman–Crippen MR) is 124 cm³/mol. The van der Waals surface area contributed by atoms with E-state index in [1.807, 2.05) is 18.2 Å². The Balaban J connectivity index is 1.26. The Hall–Kier alpha value is -2.86. The Labute approximate surface area is 178 Å². The lowest BCUT2D eigenvalue weighted by Crippen LogP contribution is -2.48. The van der Waals surface area contributed by atoms with Crippen molar-refractivity contribution < 1.29 is 0 Å². The van der Waals surface area contributed by atoms with Crippen LogP contribution >= 0.6 is 0 Å². The quantitative estimate of drug-likeness (QED) is 0.417. The summed E-state index contributed by atoms with van der Waals surface area (Å²) in [4.78, 5) is 15.3. The van der Waals surface area contributed by atoms with E-state index in [9.17, 15) is 0 Å². The van der Waals surface area contributed by atoms with E-state index >= 15 is 0 Å². The van der Waals surface area contributed by atoms with E-state index in [0.717, 1.165) is 68.3 Å². The van der Waals surface area contributed by atoms with Gasteiger partial charge in [-0.1, -0.05) is 42.5 Å². The van der Waals surface area contributed by atoms with Crippen LogP contribution in [0.25, 0.3) is 11.0 Å². The maximum Gasteiger partial charge on any atom is 0.191 e. The first-order valence-electron chi connectivity index (χ1n) is 11.0. The number of H-pyrrole nitrogens is 1. The molecule has 1 aliphatic heterocycles. The van der Waals surface area contributed by atoms with Crippen molar-refractivity contribution in [2.75, 3.05) is 26.2 Å². The number of para-hydroxylation sites is 2. The molecule has 1 saturated heterocycles. The van der Waals surface area contributed by atoms with E-state index in [2.05, 4.69) is 68.8 Å². The molecule has 0 saturated carbocycles. The Morgan fingerprint density at radius 1 is 1.10 bits per heavy atom. The van der Waals surface area contributed by atoms with Crippen LogP contribution in [0, 0.1) is 0 Å². The number of benzene rings is 2. The number of guanidine groups is 1. The third-order valence-electron chi connectivity index (χ3n) is 5.58. The molecular weight excluding hydrogens is 372 g/mol. The molecule has 1 aliphatic rings. The zero-order valence-corrected chi connectivity index (χ0v) is 17.8. The number of hydrogen-bond acceptors (Lipinski definition) is 3. The minimum Gasteiger partial charge on any atom is -0.357 e. The molecular formula is C24H32N6. The van der Waals surface area contributed by atoms with Crippen LogP contribution < -0.4 is 10.6 Å². The van der Waals surface area contributed by atoms with Gasteiger partial charge in [0.2, 0.25) is 0 Å². The highest BCUT2D eigenvalue weighted by Crippen LogP contribution is 2.14. The number of piperidine rings is 1. The number of imidazole rings is 1. The Morgan fingerprint density at radius 2 is 1.87 bits per heavy atom. The molecule has 6 nitrogen and oxygen atoms in total. The highest BCUT2D eigenvalue weighted by atomic mass is 15.2. The molecule has 0 atom stereocenters. The molecule has 30 heavy (non-hydrogen) atoms. The van der Waals surface area contributed by atoms with E-state index < -0.39 is 0 Å². The van der Waals surface area contributed by atoms with Gasteiger partial charge in [-0.25, -0.2) is 4.98 Å². The van der Waals surface area contributed by atoms with Crippen molar-refractivity contribution >= 4 is 17.0 Å². The molecule has 0 aliphatic carbocycles. The van der Waals surface area contributed by atoms with Crippen molar-refractivity contribution in [3.8, 4) is 0 Å². The van der Waals surface area contributed by atoms with Gasteiger partial charge in [0.05, 0.1) is 11.0 Å². The molecule has 3 N–H and O–H groups in total. The normalized spacial score (nSPS) is 16.1. The standard InChI is InChI=1S/C24H32N6/c1-2-25-24(26-15-12-23-28-21-10-6-7-11-22(21)29-23)27-20-13-16-30(17-14-20)18-19-8-4-3-5-9-19/h3-11,20H,2,12-18H2,1H3,(H,28,29)(H2,25,26,27). The van der Waals surface area contributed by atoms with Crippen LogP contribution in [-0.2, 0) is 13.0 Å². The highest BCUT2D eigenvalue weighted by molar-refractivity contribution is 5.80. The number of aromatic nitrogens is 2. The number of rotatable bonds is 7. The second kappa shape index (κ2) is 10.3. The molecule has 158 valence electrons. The van der Waals surface area contributed by atoms with Crippen molar-refractivity contribution in [2.45, 2.75) is 38.8 Å². The molecule has 1 aromatic heterocycles. The maximum absolute atomic E-state index is 4.78. The van der Waals surface area contributed by atoms with E-state index in [1.54, 1.807) is 0 Å². The van der Waals surface area contributed by atoms with E-state index in [-0.39, 0.29) is 0 Å². The second-order valence-corrected chi connectivity index (χ2v) is 7.89. The molecule has 0 spiro atoms. The molecule has 4 rings (SSSR count). The number of likely N-dealkylation sites (tertiary alicyclic amines) is 1. The lowest BCUT2D eigenvalue weighted by Gasteiger charge is -2.33. The fraction of sp³-hybridized carbons (Fsp3) is 0.417. The van der Waals surface area contributed by atoms with Crippen LogP contribution in [0.1, 0.15) is 31.2 Å². The predicted octanol–water partition coefficient (Wildman–Crippen LogP) is 3.33. The van der Waals surface area contributed by atoms with Gasteiger partial charge in [-0.15, -0.1) is 0 Å². The molecule has 2 heterocycles. The van der Waals surface area contributed by atoms with Crippen LogP contribution in [-0.4, -0.2) is 53.0 Å². The van der Waals surface area contributed by atoms with Crippen LogP contribution in [0.4, 0.5) is 0 Å². The number of aliphatic imine (C=N–C) groups is 1. The number of nitrogens with one attached hydrogen (secondary N) is 3. The SMILES string of the molecule is CCNC(=NCCc1nc2ccccc2[nH]1)NC1CCN(Cc2ccccc2)CC1. The first-order valence-corrected chi connectivity index (χ1v) is 11.0. The van der Waals surface area contributed by atoms with E-state index in [0.29, 0.717) is 12.6 Å². The van der Waals surface area contributed by atoms with Crippen LogP contribution in [0.5, 0.6) is 0 Å². The van der Waals surface area contributed by atoms with Crippen molar-refractivity contribution in [3.05, 3.63) is 66.0 Å². The summed E-state index contributed by atoms with van der Waals surface area (Å²) in [6.07, 6.45) is 3.09. The van der Waals surface area contributed by atoms with Crippen LogP contribution in [0.3, 0.4) is 0 Å². The Kier molecular flexibility index (Phi) is 6.98. The summed E-state index contributed by atoms with van der Waals surface area (Å²) in [5, 5.41) is 7.02. The fourth-order valence-electron chi connectivity index (χ4n) is 3.99. The molecule has 3 aromatic rings. The monoisotopic (exact) mass is 404 g/mol. The highest BCUT2D eigenvalue weighted by Gasteiger charge is 2.20. The molecule has 0 bridgehead atoms. The van der Waals surface area contributed by atoms with Gasteiger partial charge < -0.3 is 15.6 Å². The molecule has 0 radical (unpaired) electrons. The van der Waals surface area contributed by atoms with Gasteiger partial charge in [-0.2, -0.15) is 0 Å². The largest absolute Gasteiger partial charge is 0.357 e. The van der Waals surface area contributed by atoms with Crippen molar-refractivity contribution in [1.82, 2.24) is 25.5 Å². The summed E-state index contributed by atoms with van der Waals surface area (Å²) < 4.78 is 0. The summed E-state index contributed by atoms with van der Waals surface area (Å²) >= 11 is 0. The van der Waals surface area contributed by atoms with E-state index in [1.165, 1.54) is 5.56 Å². The number of nitrogens with zero attached hydrogens (tertiary/aromatic N) is 3. The Morgan fingerprint density at radius 3 is 2.63 bits per heavy atom. The van der Waals surface area contributed by atoms with Gasteiger partial charge in [0.15, 0.2) is 5.96 Å². The Bertz CT molecular complexity index is 907. The lowest BCUT2D eigenvalue weighted by atomic mass is 10.0. The zero-order valence-electron chi connectivity index (χ0n) is 17.8. The molecule has 2 aromatic carbocycles. The number of fused-ring (bicyclic) bond motifs is 1. The average Bonchev–Trinajstić information content (AvgIpc) is 3.19. The third kappa shape index (κ3) is 5.60. The average molecular weight is 405 g/mol. The van der Waals surface area contributed by atoms with Crippen molar-refractivity contribution in [3.63, 3.8) is 0 Å². The number of aromatic amines is 1. The molecule has 0 unspecified atom stereocenters. The smallest absolute Gasteiger partial charge is 0.191 e.